The van der Waals surface area contributed by atoms with Crippen molar-refractivity contribution in [2.75, 3.05) is 31.0 Å². The first-order valence-electron chi connectivity index (χ1n) is 9.35. The highest BCUT2D eigenvalue weighted by atomic mass is 16.5. The summed E-state index contributed by atoms with van der Waals surface area (Å²) in [6.45, 7) is 1.51. The van der Waals surface area contributed by atoms with E-state index in [0.29, 0.717) is 12.3 Å². The molecule has 4 rings (SSSR count). The Bertz CT molecular complexity index is 1010. The molecule has 3 aromatic rings. The lowest BCUT2D eigenvalue weighted by Crippen LogP contribution is -2.31. The smallest absolute Gasteiger partial charge is 0.275 e. The third-order valence-electron chi connectivity index (χ3n) is 4.94. The number of anilines is 2. The second-order valence-corrected chi connectivity index (χ2v) is 6.73. The average molecular weight is 390 g/mol. The molecule has 0 radical (unpaired) electrons. The van der Waals surface area contributed by atoms with Gasteiger partial charge in [0.05, 0.1) is 26.6 Å². The standard InChI is InChI=1S/C22H22N4O3/c1-28-19-10-15-8-9-26(14-16(15)11-20(19)29-2)21-13-23-18(12-24-21)22(27)25-17-6-4-3-5-7-17/h3-7,10-13H,8-9,14H2,1-2H3,(H,25,27). The number of nitrogens with zero attached hydrogens (tertiary/aromatic N) is 3. The predicted octanol–water partition coefficient (Wildman–Crippen LogP) is 3.31. The molecule has 1 aliphatic heterocycles. The van der Waals surface area contributed by atoms with Gasteiger partial charge in [0.15, 0.2) is 11.5 Å². The van der Waals surface area contributed by atoms with Crippen LogP contribution < -0.4 is 19.7 Å². The molecule has 7 heteroatoms. The summed E-state index contributed by atoms with van der Waals surface area (Å²) in [5, 5.41) is 2.81. The minimum absolute atomic E-state index is 0.279. The SMILES string of the molecule is COc1cc2c(cc1OC)CN(c1cnc(C(=O)Nc3ccccc3)cn1)CC2. The molecular formula is C22H22N4O3. The molecule has 7 nitrogen and oxygen atoms in total. The largest absolute Gasteiger partial charge is 0.493 e. The third-order valence-corrected chi connectivity index (χ3v) is 4.94. The summed E-state index contributed by atoms with van der Waals surface area (Å²) in [6, 6.07) is 13.3. The molecule has 0 aliphatic carbocycles. The summed E-state index contributed by atoms with van der Waals surface area (Å²) < 4.78 is 10.8. The number of carbonyl (C=O) groups excluding carboxylic acids is 1. The van der Waals surface area contributed by atoms with Gasteiger partial charge < -0.3 is 19.7 Å². The molecule has 1 aliphatic rings. The maximum absolute atomic E-state index is 12.3. The zero-order valence-corrected chi connectivity index (χ0v) is 16.4. The van der Waals surface area contributed by atoms with E-state index in [1.165, 1.54) is 17.3 Å². The zero-order chi connectivity index (χ0) is 20.2. The normalized spacial score (nSPS) is 12.8. The fraction of sp³-hybridized carbons (Fsp3) is 0.227. The Kier molecular flexibility index (Phi) is 5.29. The quantitative estimate of drug-likeness (QED) is 0.720. The van der Waals surface area contributed by atoms with Crippen molar-refractivity contribution in [1.82, 2.24) is 9.97 Å². The average Bonchev–Trinajstić information content (AvgIpc) is 2.78. The summed E-state index contributed by atoms with van der Waals surface area (Å²) in [7, 11) is 3.28. The molecule has 0 bridgehead atoms. The van der Waals surface area contributed by atoms with Crippen LogP contribution in [-0.4, -0.2) is 36.6 Å². The first-order chi connectivity index (χ1) is 14.2. The van der Waals surface area contributed by atoms with Gasteiger partial charge in [-0.25, -0.2) is 9.97 Å². The van der Waals surface area contributed by atoms with Crippen LogP contribution >= 0.6 is 0 Å². The van der Waals surface area contributed by atoms with Gasteiger partial charge in [0.2, 0.25) is 0 Å². The number of para-hydroxylation sites is 1. The van der Waals surface area contributed by atoms with Crippen LogP contribution in [0.25, 0.3) is 0 Å². The number of rotatable bonds is 5. The number of hydrogen-bond donors (Lipinski definition) is 1. The van der Waals surface area contributed by atoms with Crippen molar-refractivity contribution >= 4 is 17.4 Å². The van der Waals surface area contributed by atoms with Crippen molar-refractivity contribution in [2.24, 2.45) is 0 Å². The van der Waals surface area contributed by atoms with E-state index >= 15 is 0 Å². The van der Waals surface area contributed by atoms with Crippen molar-refractivity contribution in [3.8, 4) is 11.5 Å². The Labute approximate surface area is 169 Å². The Morgan fingerprint density at radius 3 is 2.38 bits per heavy atom. The van der Waals surface area contributed by atoms with Crippen LogP contribution in [0.2, 0.25) is 0 Å². The fourth-order valence-corrected chi connectivity index (χ4v) is 3.40. The number of hydrogen-bond acceptors (Lipinski definition) is 6. The zero-order valence-electron chi connectivity index (χ0n) is 16.4. The van der Waals surface area contributed by atoms with Crippen molar-refractivity contribution < 1.29 is 14.3 Å². The molecule has 1 N–H and O–H groups in total. The molecule has 0 saturated heterocycles. The minimum atomic E-state index is -0.281. The monoisotopic (exact) mass is 390 g/mol. The number of carbonyl (C=O) groups is 1. The molecule has 0 spiro atoms. The van der Waals surface area contributed by atoms with E-state index in [1.54, 1.807) is 20.4 Å². The molecular weight excluding hydrogens is 368 g/mol. The van der Waals surface area contributed by atoms with Gasteiger partial charge in [-0.05, 0) is 41.8 Å². The number of ether oxygens (including phenoxy) is 2. The molecule has 0 atom stereocenters. The highest BCUT2D eigenvalue weighted by Crippen LogP contribution is 2.34. The van der Waals surface area contributed by atoms with E-state index in [1.807, 2.05) is 42.5 Å². The lowest BCUT2D eigenvalue weighted by molar-refractivity contribution is 0.102. The minimum Gasteiger partial charge on any atom is -0.493 e. The van der Waals surface area contributed by atoms with Gasteiger partial charge in [0, 0.05) is 18.8 Å². The van der Waals surface area contributed by atoms with E-state index in [2.05, 4.69) is 20.2 Å². The lowest BCUT2D eigenvalue weighted by atomic mass is 9.99. The van der Waals surface area contributed by atoms with Crippen molar-refractivity contribution in [3.05, 3.63) is 71.7 Å². The lowest BCUT2D eigenvalue weighted by Gasteiger charge is -2.30. The Balaban J connectivity index is 1.48. The van der Waals surface area contributed by atoms with Crippen molar-refractivity contribution in [1.29, 1.82) is 0 Å². The van der Waals surface area contributed by atoms with Crippen LogP contribution in [0.4, 0.5) is 11.5 Å². The summed E-state index contributed by atoms with van der Waals surface area (Å²) in [4.78, 5) is 23.2. The van der Waals surface area contributed by atoms with Gasteiger partial charge in [-0.3, -0.25) is 4.79 Å². The number of nitrogens with one attached hydrogen (secondary N) is 1. The van der Waals surface area contributed by atoms with Crippen LogP contribution in [0.15, 0.2) is 54.9 Å². The number of benzene rings is 2. The van der Waals surface area contributed by atoms with Crippen molar-refractivity contribution in [2.45, 2.75) is 13.0 Å². The third kappa shape index (κ3) is 3.99. The van der Waals surface area contributed by atoms with Gasteiger partial charge in [-0.2, -0.15) is 0 Å². The maximum Gasteiger partial charge on any atom is 0.275 e. The molecule has 0 unspecified atom stereocenters. The second-order valence-electron chi connectivity index (χ2n) is 6.73. The maximum atomic E-state index is 12.3. The van der Waals surface area contributed by atoms with E-state index < -0.39 is 0 Å². The van der Waals surface area contributed by atoms with Gasteiger partial charge in [-0.15, -0.1) is 0 Å². The number of amides is 1. The first-order valence-corrected chi connectivity index (χ1v) is 9.35. The van der Waals surface area contributed by atoms with Gasteiger partial charge >= 0.3 is 0 Å². The van der Waals surface area contributed by atoms with Gasteiger partial charge in [-0.1, -0.05) is 18.2 Å². The summed E-state index contributed by atoms with van der Waals surface area (Å²) in [5.41, 5.74) is 3.41. The van der Waals surface area contributed by atoms with E-state index in [0.717, 1.165) is 30.2 Å². The Morgan fingerprint density at radius 2 is 1.72 bits per heavy atom. The second kappa shape index (κ2) is 8.18. The Hall–Kier alpha value is -3.61. The van der Waals surface area contributed by atoms with Crippen LogP contribution in [0, 0.1) is 0 Å². The molecule has 1 aromatic heterocycles. The molecule has 0 fully saturated rings. The van der Waals surface area contributed by atoms with E-state index in [-0.39, 0.29) is 11.6 Å². The summed E-state index contributed by atoms with van der Waals surface area (Å²) in [6.07, 6.45) is 4.02. The molecule has 1 amide bonds. The van der Waals surface area contributed by atoms with Crippen LogP contribution in [-0.2, 0) is 13.0 Å². The fourth-order valence-electron chi connectivity index (χ4n) is 3.40. The van der Waals surface area contributed by atoms with Gasteiger partial charge in [0.1, 0.15) is 11.5 Å². The van der Waals surface area contributed by atoms with Crippen LogP contribution in [0.5, 0.6) is 11.5 Å². The van der Waals surface area contributed by atoms with Gasteiger partial charge in [0.25, 0.3) is 5.91 Å². The molecule has 2 aromatic carbocycles. The number of fused-ring (bicyclic) bond motifs is 1. The first kappa shape index (κ1) is 18.7. The number of methoxy groups -OCH3 is 2. The number of aromatic nitrogens is 2. The topological polar surface area (TPSA) is 76.6 Å². The molecule has 2 heterocycles. The predicted molar refractivity (Wildman–Crippen MR) is 111 cm³/mol. The highest BCUT2D eigenvalue weighted by Gasteiger charge is 2.21. The summed E-state index contributed by atoms with van der Waals surface area (Å²) in [5.74, 6) is 1.91. The van der Waals surface area contributed by atoms with E-state index in [4.69, 9.17) is 9.47 Å². The molecule has 29 heavy (non-hydrogen) atoms. The van der Waals surface area contributed by atoms with Crippen LogP contribution in [0.1, 0.15) is 21.6 Å². The molecule has 148 valence electrons. The van der Waals surface area contributed by atoms with E-state index in [9.17, 15) is 4.79 Å². The highest BCUT2D eigenvalue weighted by molar-refractivity contribution is 6.02. The van der Waals surface area contributed by atoms with Crippen molar-refractivity contribution in [3.63, 3.8) is 0 Å². The summed E-state index contributed by atoms with van der Waals surface area (Å²) >= 11 is 0. The Morgan fingerprint density at radius 1 is 1.00 bits per heavy atom. The van der Waals surface area contributed by atoms with Crippen LogP contribution in [0.3, 0.4) is 0 Å². The molecule has 0 saturated carbocycles.